The van der Waals surface area contributed by atoms with Crippen molar-refractivity contribution in [1.29, 1.82) is 0 Å². The minimum atomic E-state index is -2.77. The van der Waals surface area contributed by atoms with Gasteiger partial charge < -0.3 is 70.8 Å². The Balaban J connectivity index is 2.26. The molecule has 0 unspecified atom stereocenters. The number of hydrogen-bond acceptors (Lipinski definition) is 14. The summed E-state index contributed by atoms with van der Waals surface area (Å²) in [6, 6.07) is -2.97. The molecule has 2 amide bonds. The zero-order chi connectivity index (χ0) is 27.4. The maximum atomic E-state index is 12.1. The molecule has 11 atom stereocenters. The van der Waals surface area contributed by atoms with Crippen molar-refractivity contribution in [2.45, 2.75) is 80.2 Å². The number of carbonyl (C=O) groups is 3. The molecule has 2 saturated heterocycles. The molecule has 0 bridgehead atoms. The van der Waals surface area contributed by atoms with E-state index in [1.54, 1.807) is 0 Å². The van der Waals surface area contributed by atoms with Gasteiger partial charge >= 0.3 is 5.97 Å². The first-order valence-electron chi connectivity index (χ1n) is 10.8. The van der Waals surface area contributed by atoms with E-state index in [-0.39, 0.29) is 0 Å². The number of nitrogens with one attached hydrogen (secondary N) is 2. The van der Waals surface area contributed by atoms with E-state index in [1.165, 1.54) is 0 Å². The van der Waals surface area contributed by atoms with E-state index in [9.17, 15) is 50.1 Å². The highest BCUT2D eigenvalue weighted by Gasteiger charge is 2.56. The van der Waals surface area contributed by atoms with Crippen molar-refractivity contribution < 1.29 is 74.6 Å². The number of carbonyl (C=O) groups excluding carboxylic acids is 2. The first-order valence-corrected chi connectivity index (χ1v) is 10.8. The molecule has 2 fully saturated rings. The molecule has 0 saturated carbocycles. The number of carboxylic acids is 1. The summed E-state index contributed by atoms with van der Waals surface area (Å²) in [6.45, 7) is -1.80. The minimum absolute atomic E-state index is 0.643. The van der Waals surface area contributed by atoms with Crippen LogP contribution in [0, 0.1) is 0 Å². The Morgan fingerprint density at radius 3 is 2.22 bits per heavy atom. The molecular weight excluding hydrogens is 496 g/mol. The van der Waals surface area contributed by atoms with Gasteiger partial charge in [0.25, 0.3) is 5.79 Å². The number of aliphatic hydroxyl groups is 8. The fourth-order valence-electron chi connectivity index (χ4n) is 3.97. The van der Waals surface area contributed by atoms with Crippen LogP contribution >= 0.6 is 0 Å². The van der Waals surface area contributed by atoms with Crippen molar-refractivity contribution in [3.05, 3.63) is 0 Å². The molecular formula is C19H32N2O15. The van der Waals surface area contributed by atoms with Gasteiger partial charge in [-0.1, -0.05) is 0 Å². The second-order valence-electron chi connectivity index (χ2n) is 8.49. The van der Waals surface area contributed by atoms with Crippen LogP contribution in [-0.4, -0.2) is 150 Å². The Morgan fingerprint density at radius 2 is 1.69 bits per heavy atom. The van der Waals surface area contributed by atoms with Gasteiger partial charge in [0.15, 0.2) is 6.29 Å². The maximum Gasteiger partial charge on any atom is 0.364 e. The van der Waals surface area contributed by atoms with Crippen LogP contribution in [0.1, 0.15) is 13.3 Å². The van der Waals surface area contributed by atoms with Crippen molar-refractivity contribution in [2.75, 3.05) is 19.8 Å². The lowest BCUT2D eigenvalue weighted by atomic mass is 9.88. The van der Waals surface area contributed by atoms with Gasteiger partial charge in [-0.25, -0.2) is 4.79 Å². The summed E-state index contributed by atoms with van der Waals surface area (Å²) in [5.74, 6) is -6.28. The number of rotatable bonds is 10. The highest BCUT2D eigenvalue weighted by molar-refractivity contribution is 5.78. The molecule has 208 valence electrons. The van der Waals surface area contributed by atoms with Crippen molar-refractivity contribution in [1.82, 2.24) is 10.6 Å². The highest BCUT2D eigenvalue weighted by atomic mass is 16.7. The summed E-state index contributed by atoms with van der Waals surface area (Å²) in [7, 11) is 0. The van der Waals surface area contributed by atoms with E-state index in [2.05, 4.69) is 10.6 Å². The first-order chi connectivity index (χ1) is 16.8. The Labute approximate surface area is 203 Å². The smallest absolute Gasteiger partial charge is 0.364 e. The van der Waals surface area contributed by atoms with Crippen molar-refractivity contribution in [2.24, 2.45) is 0 Å². The SMILES string of the molecule is CC(=O)N[C@@H]1[C@@H](O)[C@@H](O)[C@@H](CO[C@]2(C(=O)O)C[C@H](O)[C@@H](NC(=O)CO)[C@H]([C@@H](O)[C@H](O)CO)O2)O[C@H]1O. The molecule has 2 rings (SSSR count). The Morgan fingerprint density at radius 1 is 1.06 bits per heavy atom. The summed E-state index contributed by atoms with van der Waals surface area (Å²) in [6.07, 6.45) is -15.5. The zero-order valence-corrected chi connectivity index (χ0v) is 19.1. The van der Waals surface area contributed by atoms with Gasteiger partial charge in [0, 0.05) is 13.3 Å². The zero-order valence-electron chi connectivity index (χ0n) is 19.1. The van der Waals surface area contributed by atoms with Crippen LogP contribution in [0.15, 0.2) is 0 Å². The molecule has 2 heterocycles. The van der Waals surface area contributed by atoms with Crippen molar-refractivity contribution in [3.8, 4) is 0 Å². The third-order valence-corrected chi connectivity index (χ3v) is 5.86. The average Bonchev–Trinajstić information content (AvgIpc) is 2.83. The molecule has 2 aliphatic heterocycles. The third kappa shape index (κ3) is 6.64. The minimum Gasteiger partial charge on any atom is -0.477 e. The summed E-state index contributed by atoms with van der Waals surface area (Å²) >= 11 is 0. The van der Waals surface area contributed by atoms with Crippen LogP contribution in [0.5, 0.6) is 0 Å². The third-order valence-electron chi connectivity index (χ3n) is 5.86. The standard InChI is InChI=1S/C19H32N2O15/c1-6(24)20-12-15(30)14(29)9(35-17(12)31)5-34-19(18(32)33)2-7(25)11(21-10(27)4-23)16(36-19)13(28)8(26)3-22/h7-9,11-17,22-23,25-26,28-31H,2-5H2,1H3,(H,20,24)(H,21,27)(H,32,33)/t7-,8+,9+,11+,12+,13-,14-,15+,16+,17+,19+/m0/s1. The largest absolute Gasteiger partial charge is 0.477 e. The molecule has 0 aromatic heterocycles. The molecule has 0 aromatic carbocycles. The maximum absolute atomic E-state index is 12.1. The predicted molar refractivity (Wildman–Crippen MR) is 110 cm³/mol. The van der Waals surface area contributed by atoms with E-state index in [0.717, 1.165) is 6.92 Å². The summed E-state index contributed by atoms with van der Waals surface area (Å²) < 4.78 is 15.8. The van der Waals surface area contributed by atoms with Gasteiger partial charge in [-0.2, -0.15) is 0 Å². The second-order valence-corrected chi connectivity index (χ2v) is 8.49. The van der Waals surface area contributed by atoms with E-state index in [0.29, 0.717) is 0 Å². The Bertz CT molecular complexity index is 786. The van der Waals surface area contributed by atoms with Crippen molar-refractivity contribution in [3.63, 3.8) is 0 Å². The van der Waals surface area contributed by atoms with Gasteiger partial charge in [-0.15, -0.1) is 0 Å². The van der Waals surface area contributed by atoms with Crippen LogP contribution in [0.4, 0.5) is 0 Å². The number of ether oxygens (including phenoxy) is 3. The number of aliphatic hydroxyl groups excluding tert-OH is 8. The lowest BCUT2D eigenvalue weighted by Crippen LogP contribution is -2.69. The lowest BCUT2D eigenvalue weighted by Gasteiger charge is -2.47. The van der Waals surface area contributed by atoms with Crippen LogP contribution in [0.3, 0.4) is 0 Å². The average molecular weight is 528 g/mol. The van der Waals surface area contributed by atoms with Crippen molar-refractivity contribution >= 4 is 17.8 Å². The van der Waals surface area contributed by atoms with Crippen LogP contribution in [-0.2, 0) is 28.6 Å². The Kier molecular flexibility index (Phi) is 10.5. The number of hydrogen-bond donors (Lipinski definition) is 11. The number of aliphatic carboxylic acids is 1. The molecule has 0 aliphatic carbocycles. The van der Waals surface area contributed by atoms with E-state index in [4.69, 9.17) is 24.4 Å². The summed E-state index contributed by atoms with van der Waals surface area (Å²) in [4.78, 5) is 35.0. The van der Waals surface area contributed by atoms with E-state index in [1.807, 2.05) is 0 Å². The lowest BCUT2D eigenvalue weighted by molar-refractivity contribution is -0.328. The summed E-state index contributed by atoms with van der Waals surface area (Å²) in [5.41, 5.74) is 0. The van der Waals surface area contributed by atoms with Gasteiger partial charge in [-0.3, -0.25) is 9.59 Å². The van der Waals surface area contributed by atoms with Gasteiger partial charge in [0.05, 0.1) is 25.4 Å². The number of carboxylic acid groups (broad SMARTS) is 1. The fraction of sp³-hybridized carbons (Fsp3) is 0.842. The topological polar surface area (TPSA) is 285 Å². The first kappa shape index (κ1) is 30.2. The molecule has 36 heavy (non-hydrogen) atoms. The summed E-state index contributed by atoms with van der Waals surface area (Å²) in [5, 5.41) is 93.7. The molecule has 2 aliphatic rings. The van der Waals surface area contributed by atoms with Gasteiger partial charge in [0.2, 0.25) is 11.8 Å². The van der Waals surface area contributed by atoms with E-state index >= 15 is 0 Å². The van der Waals surface area contributed by atoms with Gasteiger partial charge in [-0.05, 0) is 0 Å². The molecule has 0 spiro atoms. The fourth-order valence-corrected chi connectivity index (χ4v) is 3.97. The molecule has 0 radical (unpaired) electrons. The van der Waals surface area contributed by atoms with Crippen LogP contribution < -0.4 is 10.6 Å². The normalized spacial score (nSPS) is 38.6. The number of amides is 2. The molecule has 17 nitrogen and oxygen atoms in total. The monoisotopic (exact) mass is 528 g/mol. The quantitative estimate of drug-likeness (QED) is 0.126. The molecule has 11 N–H and O–H groups in total. The van der Waals surface area contributed by atoms with E-state index < -0.39 is 111 Å². The van der Waals surface area contributed by atoms with Crippen LogP contribution in [0.2, 0.25) is 0 Å². The molecule has 17 heteroatoms. The highest BCUT2D eigenvalue weighted by Crippen LogP contribution is 2.34. The molecule has 0 aromatic rings. The van der Waals surface area contributed by atoms with Crippen LogP contribution in [0.25, 0.3) is 0 Å². The second kappa shape index (κ2) is 12.5. The Hall–Kier alpha value is -2.03. The van der Waals surface area contributed by atoms with Gasteiger partial charge in [0.1, 0.15) is 49.3 Å². The predicted octanol–water partition coefficient (Wildman–Crippen LogP) is -6.93.